The molecule has 0 saturated heterocycles. The van der Waals surface area contributed by atoms with Crippen molar-refractivity contribution in [2.75, 3.05) is 13.6 Å². The van der Waals surface area contributed by atoms with Gasteiger partial charge in [-0.25, -0.2) is 4.98 Å². The van der Waals surface area contributed by atoms with Crippen molar-refractivity contribution in [2.24, 2.45) is 0 Å². The maximum Gasteiger partial charge on any atom is 0.105 e. The molecule has 0 spiro atoms. The molecule has 1 aromatic rings. The van der Waals surface area contributed by atoms with Crippen molar-refractivity contribution in [3.05, 3.63) is 17.7 Å². The average molecular weight is 179 g/mol. The highest BCUT2D eigenvalue weighted by Gasteiger charge is 2.11. The third-order valence-electron chi connectivity index (χ3n) is 2.74. The summed E-state index contributed by atoms with van der Waals surface area (Å²) < 4.78 is 2.34. The van der Waals surface area contributed by atoms with Crippen molar-refractivity contribution in [2.45, 2.75) is 32.9 Å². The lowest BCUT2D eigenvalue weighted by Crippen LogP contribution is -2.24. The molecule has 0 saturated carbocycles. The van der Waals surface area contributed by atoms with Gasteiger partial charge in [-0.05, 0) is 33.4 Å². The van der Waals surface area contributed by atoms with Crippen molar-refractivity contribution in [1.82, 2.24) is 14.5 Å². The molecule has 0 aliphatic carbocycles. The fourth-order valence-corrected chi connectivity index (χ4v) is 1.95. The second-order valence-corrected chi connectivity index (χ2v) is 3.89. The molecule has 1 aromatic heterocycles. The Morgan fingerprint density at radius 1 is 1.31 bits per heavy atom. The SMILES string of the molecule is Cc1ncc2n1CCCCN(C)C2. The highest BCUT2D eigenvalue weighted by atomic mass is 15.2. The number of hydrogen-bond donors (Lipinski definition) is 0. The number of fused-ring (bicyclic) bond motifs is 1. The largest absolute Gasteiger partial charge is 0.331 e. The van der Waals surface area contributed by atoms with Gasteiger partial charge in [0.25, 0.3) is 0 Å². The van der Waals surface area contributed by atoms with Gasteiger partial charge in [0.1, 0.15) is 5.82 Å². The highest BCUT2D eigenvalue weighted by molar-refractivity contribution is 5.04. The Labute approximate surface area is 79.4 Å². The van der Waals surface area contributed by atoms with E-state index in [0.29, 0.717) is 0 Å². The number of nitrogens with zero attached hydrogens (tertiary/aromatic N) is 3. The Morgan fingerprint density at radius 2 is 2.08 bits per heavy atom. The summed E-state index contributed by atoms with van der Waals surface area (Å²) in [5, 5.41) is 0. The molecule has 0 bridgehead atoms. The van der Waals surface area contributed by atoms with E-state index in [1.165, 1.54) is 25.1 Å². The monoisotopic (exact) mass is 179 g/mol. The van der Waals surface area contributed by atoms with Gasteiger partial charge in [0.15, 0.2) is 0 Å². The van der Waals surface area contributed by atoms with Gasteiger partial charge >= 0.3 is 0 Å². The predicted octanol–water partition coefficient (Wildman–Crippen LogP) is 1.42. The fourth-order valence-electron chi connectivity index (χ4n) is 1.95. The van der Waals surface area contributed by atoms with Crippen molar-refractivity contribution in [3.63, 3.8) is 0 Å². The van der Waals surface area contributed by atoms with Crippen LogP contribution in [0.5, 0.6) is 0 Å². The lowest BCUT2D eigenvalue weighted by molar-refractivity contribution is 0.291. The van der Waals surface area contributed by atoms with Gasteiger partial charge in [0, 0.05) is 19.3 Å². The molecule has 3 heteroatoms. The minimum Gasteiger partial charge on any atom is -0.331 e. The zero-order valence-electron chi connectivity index (χ0n) is 8.45. The van der Waals surface area contributed by atoms with E-state index in [2.05, 4.69) is 28.4 Å². The average Bonchev–Trinajstić information content (AvgIpc) is 2.38. The molecule has 0 unspecified atom stereocenters. The van der Waals surface area contributed by atoms with Crippen LogP contribution in [-0.4, -0.2) is 28.0 Å². The van der Waals surface area contributed by atoms with Crippen LogP contribution in [0.1, 0.15) is 24.4 Å². The van der Waals surface area contributed by atoms with Gasteiger partial charge in [-0.15, -0.1) is 0 Å². The molecule has 1 aliphatic heterocycles. The van der Waals surface area contributed by atoms with E-state index < -0.39 is 0 Å². The van der Waals surface area contributed by atoms with Gasteiger partial charge in [-0.3, -0.25) is 0 Å². The number of aryl methyl sites for hydroxylation is 1. The Morgan fingerprint density at radius 3 is 2.92 bits per heavy atom. The minimum atomic E-state index is 1.04. The number of aromatic nitrogens is 2. The zero-order chi connectivity index (χ0) is 9.26. The summed E-state index contributed by atoms with van der Waals surface area (Å²) in [7, 11) is 2.18. The van der Waals surface area contributed by atoms with Crippen LogP contribution in [0.3, 0.4) is 0 Å². The summed E-state index contributed by atoms with van der Waals surface area (Å²) in [6.07, 6.45) is 4.58. The molecule has 3 nitrogen and oxygen atoms in total. The van der Waals surface area contributed by atoms with E-state index in [1.807, 2.05) is 6.20 Å². The first-order chi connectivity index (χ1) is 6.27. The Bertz CT molecular complexity index is 290. The Hall–Kier alpha value is -0.830. The number of rotatable bonds is 0. The van der Waals surface area contributed by atoms with Gasteiger partial charge in [0.05, 0.1) is 5.69 Å². The van der Waals surface area contributed by atoms with Crippen LogP contribution in [0.2, 0.25) is 0 Å². The molecular formula is C10H17N3. The number of hydrogen-bond acceptors (Lipinski definition) is 2. The molecule has 1 aliphatic rings. The van der Waals surface area contributed by atoms with E-state index in [1.54, 1.807) is 0 Å². The van der Waals surface area contributed by atoms with E-state index >= 15 is 0 Å². The molecule has 0 N–H and O–H groups in total. The van der Waals surface area contributed by atoms with Crippen LogP contribution in [0.4, 0.5) is 0 Å². The van der Waals surface area contributed by atoms with Gasteiger partial charge in [-0.1, -0.05) is 0 Å². The summed E-state index contributed by atoms with van der Waals surface area (Å²) in [6, 6.07) is 0. The van der Waals surface area contributed by atoms with Gasteiger partial charge in [-0.2, -0.15) is 0 Å². The van der Waals surface area contributed by atoms with E-state index in [9.17, 15) is 0 Å². The summed E-state index contributed by atoms with van der Waals surface area (Å²) in [5.41, 5.74) is 1.36. The molecule has 0 atom stereocenters. The molecule has 2 rings (SSSR count). The minimum absolute atomic E-state index is 1.04. The van der Waals surface area contributed by atoms with E-state index in [4.69, 9.17) is 0 Å². The predicted molar refractivity (Wildman–Crippen MR) is 52.5 cm³/mol. The van der Waals surface area contributed by atoms with Crippen LogP contribution in [0.25, 0.3) is 0 Å². The van der Waals surface area contributed by atoms with Crippen molar-refractivity contribution < 1.29 is 0 Å². The van der Waals surface area contributed by atoms with E-state index in [-0.39, 0.29) is 0 Å². The molecule has 0 amide bonds. The Kier molecular flexibility index (Phi) is 2.36. The summed E-state index contributed by atoms with van der Waals surface area (Å²) >= 11 is 0. The first-order valence-electron chi connectivity index (χ1n) is 4.97. The molecule has 2 heterocycles. The van der Waals surface area contributed by atoms with Crippen LogP contribution in [0.15, 0.2) is 6.20 Å². The topological polar surface area (TPSA) is 21.1 Å². The van der Waals surface area contributed by atoms with Crippen LogP contribution >= 0.6 is 0 Å². The highest BCUT2D eigenvalue weighted by Crippen LogP contribution is 2.12. The standard InChI is InChI=1S/C10H17N3/c1-9-11-7-10-8-12(2)5-3-4-6-13(9)10/h7H,3-6,8H2,1-2H3. The number of imidazole rings is 1. The first kappa shape index (κ1) is 8.75. The smallest absolute Gasteiger partial charge is 0.105 e. The fraction of sp³-hybridized carbons (Fsp3) is 0.700. The second-order valence-electron chi connectivity index (χ2n) is 3.89. The molecule has 72 valence electrons. The van der Waals surface area contributed by atoms with Crippen molar-refractivity contribution >= 4 is 0 Å². The lowest BCUT2D eigenvalue weighted by Gasteiger charge is -2.21. The third-order valence-corrected chi connectivity index (χ3v) is 2.74. The Balaban J connectivity index is 2.27. The normalized spacial score (nSPS) is 19.2. The van der Waals surface area contributed by atoms with Gasteiger partial charge in [0.2, 0.25) is 0 Å². The third kappa shape index (κ3) is 1.75. The molecule has 0 radical (unpaired) electrons. The maximum absolute atomic E-state index is 4.35. The van der Waals surface area contributed by atoms with Crippen molar-refractivity contribution in [1.29, 1.82) is 0 Å². The molecule has 13 heavy (non-hydrogen) atoms. The summed E-state index contributed by atoms with van der Waals surface area (Å²) in [5.74, 6) is 1.16. The van der Waals surface area contributed by atoms with Crippen LogP contribution < -0.4 is 0 Å². The molecule has 0 fully saturated rings. The summed E-state index contributed by atoms with van der Waals surface area (Å²) in [4.78, 5) is 6.72. The lowest BCUT2D eigenvalue weighted by atomic mass is 10.2. The van der Waals surface area contributed by atoms with Gasteiger partial charge < -0.3 is 9.47 Å². The zero-order valence-corrected chi connectivity index (χ0v) is 8.45. The first-order valence-corrected chi connectivity index (χ1v) is 4.97. The summed E-state index contributed by atoms with van der Waals surface area (Å²) in [6.45, 7) is 5.49. The maximum atomic E-state index is 4.35. The van der Waals surface area contributed by atoms with E-state index in [0.717, 1.165) is 18.9 Å². The quantitative estimate of drug-likeness (QED) is 0.600. The second kappa shape index (κ2) is 3.50. The van der Waals surface area contributed by atoms with Crippen molar-refractivity contribution in [3.8, 4) is 0 Å². The van der Waals surface area contributed by atoms with Crippen LogP contribution in [-0.2, 0) is 13.1 Å². The van der Waals surface area contributed by atoms with Crippen LogP contribution in [0, 0.1) is 6.92 Å². The molecule has 0 aromatic carbocycles. The molecular weight excluding hydrogens is 162 g/mol.